The van der Waals surface area contributed by atoms with Crippen molar-refractivity contribution < 1.29 is 28.6 Å². The summed E-state index contributed by atoms with van der Waals surface area (Å²) in [5.74, 6) is -1.59. The Kier molecular flexibility index (Phi) is 5.53. The van der Waals surface area contributed by atoms with E-state index in [9.17, 15) is 19.5 Å². The summed E-state index contributed by atoms with van der Waals surface area (Å²) in [6.07, 6.45) is 1.26. The second-order valence-electron chi connectivity index (χ2n) is 10.8. The van der Waals surface area contributed by atoms with Gasteiger partial charge in [0, 0.05) is 19.3 Å². The number of aromatic nitrogens is 1. The van der Waals surface area contributed by atoms with E-state index in [1.807, 2.05) is 36.4 Å². The second-order valence-corrected chi connectivity index (χ2v) is 10.8. The first kappa shape index (κ1) is 24.7. The lowest BCUT2D eigenvalue weighted by Crippen LogP contribution is -2.40. The largest absolute Gasteiger partial charge is 0.477 e. The summed E-state index contributed by atoms with van der Waals surface area (Å²) in [5.41, 5.74) is -0.944. The van der Waals surface area contributed by atoms with E-state index in [0.29, 0.717) is 30.9 Å². The molecule has 1 saturated heterocycles. The van der Waals surface area contributed by atoms with Crippen molar-refractivity contribution in [2.75, 3.05) is 18.0 Å². The molecule has 0 radical (unpaired) electrons. The van der Waals surface area contributed by atoms with Crippen LogP contribution in [0.25, 0.3) is 27.4 Å². The van der Waals surface area contributed by atoms with Crippen molar-refractivity contribution in [3.8, 4) is 17.2 Å². The van der Waals surface area contributed by atoms with E-state index in [0.717, 1.165) is 16.8 Å². The minimum absolute atomic E-state index is 0.0902. The number of nitrogens with zero attached hydrogens (tertiary/aromatic N) is 2. The summed E-state index contributed by atoms with van der Waals surface area (Å²) in [7, 11) is 0. The van der Waals surface area contributed by atoms with Crippen LogP contribution < -0.4 is 20.4 Å². The molecule has 10 heteroatoms. The number of amides is 1. The lowest BCUT2D eigenvalue weighted by Gasteiger charge is -2.29. The molecule has 0 bridgehead atoms. The Bertz CT molecular complexity index is 1760. The summed E-state index contributed by atoms with van der Waals surface area (Å²) < 4.78 is 29.1. The van der Waals surface area contributed by atoms with Gasteiger partial charge < -0.3 is 29.4 Å². The van der Waals surface area contributed by atoms with E-state index in [1.54, 1.807) is 30.2 Å². The molecule has 1 atom stereocenters. The number of halogens is 1. The molecule has 9 nitrogen and oxygen atoms in total. The fourth-order valence-electron chi connectivity index (χ4n) is 5.29. The summed E-state index contributed by atoms with van der Waals surface area (Å²) >= 11 is 0. The highest BCUT2D eigenvalue weighted by Crippen LogP contribution is 2.48. The lowest BCUT2D eigenvalue weighted by atomic mass is 10.0. The number of fused-ring (bicyclic) bond motifs is 3. The smallest absolute Gasteiger partial charge is 0.407 e. The third-order valence-corrected chi connectivity index (χ3v) is 6.93. The van der Waals surface area contributed by atoms with Crippen LogP contribution in [0.5, 0.6) is 11.5 Å². The van der Waals surface area contributed by atoms with Crippen LogP contribution >= 0.6 is 0 Å². The highest BCUT2D eigenvalue weighted by Gasteiger charge is 2.34. The van der Waals surface area contributed by atoms with E-state index in [-0.39, 0.29) is 28.4 Å². The van der Waals surface area contributed by atoms with E-state index in [1.165, 1.54) is 6.20 Å². The molecule has 1 fully saturated rings. The highest BCUT2D eigenvalue weighted by atomic mass is 19.1. The van der Waals surface area contributed by atoms with Crippen molar-refractivity contribution in [2.24, 2.45) is 0 Å². The molecule has 3 heterocycles. The fraction of sp³-hybridized carbons (Fsp3) is 0.276. The summed E-state index contributed by atoms with van der Waals surface area (Å²) in [6, 6.07) is 12.0. The van der Waals surface area contributed by atoms with E-state index < -0.39 is 34.5 Å². The zero-order chi connectivity index (χ0) is 27.6. The van der Waals surface area contributed by atoms with Gasteiger partial charge in [-0.25, -0.2) is 14.0 Å². The van der Waals surface area contributed by atoms with Crippen LogP contribution in [0.1, 0.15) is 37.6 Å². The predicted octanol–water partition coefficient (Wildman–Crippen LogP) is 5.19. The van der Waals surface area contributed by atoms with Gasteiger partial charge in [0.1, 0.15) is 22.4 Å². The normalized spacial score (nSPS) is 16.2. The number of carbonyl (C=O) groups is 2. The number of alkyl carbamates (subject to hydrolysis) is 1. The molecule has 2 aliphatic rings. The molecular weight excluding hydrogens is 505 g/mol. The molecule has 3 aromatic carbocycles. The lowest BCUT2D eigenvalue weighted by molar-refractivity contribution is 0.0508. The maximum atomic E-state index is 15.8. The quantitative estimate of drug-likeness (QED) is 0.330. The molecule has 1 amide bonds. The number of carboxylic acids is 1. The minimum Gasteiger partial charge on any atom is -0.477 e. The molecular formula is C29H26FN3O6. The van der Waals surface area contributed by atoms with E-state index >= 15 is 4.39 Å². The number of ether oxygens (including phenoxy) is 2. The van der Waals surface area contributed by atoms with Crippen LogP contribution in [-0.2, 0) is 4.74 Å². The van der Waals surface area contributed by atoms with Crippen molar-refractivity contribution in [3.63, 3.8) is 0 Å². The Labute approximate surface area is 222 Å². The number of hydrogen-bond donors (Lipinski definition) is 2. The van der Waals surface area contributed by atoms with E-state index in [2.05, 4.69) is 5.32 Å². The second kappa shape index (κ2) is 8.72. The molecule has 1 aromatic heterocycles. The van der Waals surface area contributed by atoms with Gasteiger partial charge in [0.15, 0.2) is 17.3 Å². The number of carboxylic acid groups (broad SMARTS) is 1. The van der Waals surface area contributed by atoms with Gasteiger partial charge in [-0.05, 0) is 56.2 Å². The number of carbonyl (C=O) groups excluding carboxylic acids is 1. The topological polar surface area (TPSA) is 110 Å². The molecule has 0 aliphatic carbocycles. The minimum atomic E-state index is -1.40. The van der Waals surface area contributed by atoms with Gasteiger partial charge in [-0.3, -0.25) is 4.79 Å². The number of pyridine rings is 1. The molecule has 200 valence electrons. The first-order valence-corrected chi connectivity index (χ1v) is 12.6. The molecule has 2 aliphatic heterocycles. The van der Waals surface area contributed by atoms with Crippen LogP contribution in [0.3, 0.4) is 0 Å². The Morgan fingerprint density at radius 3 is 2.56 bits per heavy atom. The van der Waals surface area contributed by atoms with Gasteiger partial charge >= 0.3 is 12.1 Å². The van der Waals surface area contributed by atoms with Crippen LogP contribution in [-0.4, -0.2) is 46.5 Å². The fourth-order valence-corrected chi connectivity index (χ4v) is 5.29. The Morgan fingerprint density at radius 2 is 1.87 bits per heavy atom. The summed E-state index contributed by atoms with van der Waals surface area (Å²) in [5, 5.41) is 14.3. The zero-order valence-electron chi connectivity index (χ0n) is 21.6. The average Bonchev–Trinajstić information content (AvgIpc) is 3.30. The monoisotopic (exact) mass is 531 g/mol. The number of rotatable bonds is 3. The van der Waals surface area contributed by atoms with Gasteiger partial charge in [-0.1, -0.05) is 24.3 Å². The third kappa shape index (κ3) is 4.21. The zero-order valence-corrected chi connectivity index (χ0v) is 21.6. The van der Waals surface area contributed by atoms with Crippen molar-refractivity contribution in [3.05, 3.63) is 70.3 Å². The number of benzene rings is 3. The maximum absolute atomic E-state index is 15.8. The molecule has 6 rings (SSSR count). The van der Waals surface area contributed by atoms with Crippen LogP contribution in [0, 0.1) is 5.82 Å². The first-order valence-electron chi connectivity index (χ1n) is 12.6. The molecule has 0 spiro atoms. The van der Waals surface area contributed by atoms with E-state index in [4.69, 9.17) is 9.47 Å². The number of hydrogen-bond acceptors (Lipinski definition) is 6. The standard InChI is InChI=1S/C29H26FN3O6/c1-29(2,3)39-28(37)31-17-8-9-32(13-17)24-20(30)12-18-23-26(24)38-22-11-16-7-5-4-6-15(16)10-21(22)33(23)14-19(25(18)34)27(35)36/h4-7,10-12,14,17H,8-9,13H2,1-3H3,(H,31,37)(H,35,36)/t17-/m1/s1. The molecule has 0 saturated carbocycles. The Morgan fingerprint density at radius 1 is 1.15 bits per heavy atom. The van der Waals surface area contributed by atoms with Crippen molar-refractivity contribution in [1.29, 1.82) is 0 Å². The van der Waals surface area contributed by atoms with Gasteiger partial charge in [-0.2, -0.15) is 0 Å². The Hall–Kier alpha value is -4.60. The average molecular weight is 532 g/mol. The van der Waals surface area contributed by atoms with Gasteiger partial charge in [0.05, 0.1) is 17.1 Å². The number of nitrogens with one attached hydrogen (secondary N) is 1. The van der Waals surface area contributed by atoms with Gasteiger partial charge in [0.2, 0.25) is 5.43 Å². The summed E-state index contributed by atoms with van der Waals surface area (Å²) in [6.45, 7) is 6.03. The molecule has 2 N–H and O–H groups in total. The van der Waals surface area contributed by atoms with Crippen molar-refractivity contribution >= 4 is 39.4 Å². The summed E-state index contributed by atoms with van der Waals surface area (Å²) in [4.78, 5) is 39.1. The van der Waals surface area contributed by atoms with Gasteiger partial charge in [-0.15, -0.1) is 0 Å². The van der Waals surface area contributed by atoms with Crippen molar-refractivity contribution in [1.82, 2.24) is 9.88 Å². The highest BCUT2D eigenvalue weighted by molar-refractivity contribution is 6.00. The Balaban J connectivity index is 1.50. The van der Waals surface area contributed by atoms with Crippen LogP contribution in [0.2, 0.25) is 0 Å². The first-order chi connectivity index (χ1) is 18.5. The van der Waals surface area contributed by atoms with Crippen LogP contribution in [0.4, 0.5) is 14.9 Å². The van der Waals surface area contributed by atoms with Crippen LogP contribution in [0.15, 0.2) is 53.5 Å². The number of anilines is 1. The molecule has 39 heavy (non-hydrogen) atoms. The molecule has 4 aromatic rings. The molecule has 0 unspecified atom stereocenters. The van der Waals surface area contributed by atoms with Gasteiger partial charge in [0.25, 0.3) is 0 Å². The SMILES string of the molecule is CC(C)(C)OC(=O)N[C@@H]1CCN(c2c(F)cc3c(=O)c(C(=O)O)cn4c3c2Oc2cc3ccccc3cc2-4)C1. The number of aromatic carboxylic acids is 1. The maximum Gasteiger partial charge on any atom is 0.407 e. The van der Waals surface area contributed by atoms with Crippen molar-refractivity contribution in [2.45, 2.75) is 38.8 Å². The third-order valence-electron chi connectivity index (χ3n) is 6.93. The predicted molar refractivity (Wildman–Crippen MR) is 144 cm³/mol.